The molecule has 1 N–H and O–H groups in total. The van der Waals surface area contributed by atoms with E-state index < -0.39 is 5.67 Å². The normalized spacial score (nSPS) is 15.5. The average molecular weight is 430 g/mol. The van der Waals surface area contributed by atoms with E-state index in [1.807, 2.05) is 18.2 Å². The SMILES string of the molecule is CCc1cc(C(=O)N2CCC(F)(CNCCOc3cccc(OC)n3)CC2)ccc1C. The molecule has 6 nitrogen and oxygen atoms in total. The largest absolute Gasteiger partial charge is 0.481 e. The van der Waals surface area contributed by atoms with Crippen LogP contribution in [0.25, 0.3) is 0 Å². The molecule has 31 heavy (non-hydrogen) atoms. The maximum Gasteiger partial charge on any atom is 0.253 e. The number of nitrogens with zero attached hydrogens (tertiary/aromatic N) is 2. The lowest BCUT2D eigenvalue weighted by Gasteiger charge is -2.36. The highest BCUT2D eigenvalue weighted by Crippen LogP contribution is 2.27. The predicted molar refractivity (Wildman–Crippen MR) is 119 cm³/mol. The summed E-state index contributed by atoms with van der Waals surface area (Å²) in [5, 5.41) is 3.13. The average Bonchev–Trinajstić information content (AvgIpc) is 2.79. The molecule has 0 aliphatic carbocycles. The Bertz CT molecular complexity index is 882. The standard InChI is InChI=1S/C24H32FN3O3/c1-4-19-16-20(9-8-18(19)2)23(29)28-13-10-24(25,11-14-28)17-26-12-15-31-22-7-5-6-21(27-22)30-3/h5-9,16,26H,4,10-15,17H2,1-3H3. The van der Waals surface area contributed by atoms with Crippen LogP contribution in [-0.4, -0.2) is 61.4 Å². The van der Waals surface area contributed by atoms with Crippen LogP contribution >= 0.6 is 0 Å². The van der Waals surface area contributed by atoms with Crippen molar-refractivity contribution >= 4 is 5.91 Å². The number of methoxy groups -OCH3 is 1. The molecule has 168 valence electrons. The Labute approximate surface area is 183 Å². The Morgan fingerprint density at radius 3 is 2.68 bits per heavy atom. The molecule has 2 heterocycles. The van der Waals surface area contributed by atoms with Crippen molar-refractivity contribution in [1.82, 2.24) is 15.2 Å². The highest BCUT2D eigenvalue weighted by Gasteiger charge is 2.35. The first-order chi connectivity index (χ1) is 14.9. The zero-order valence-corrected chi connectivity index (χ0v) is 18.6. The van der Waals surface area contributed by atoms with E-state index in [1.165, 1.54) is 11.1 Å². The molecule has 1 aromatic carbocycles. The van der Waals surface area contributed by atoms with E-state index in [0.29, 0.717) is 56.4 Å². The summed E-state index contributed by atoms with van der Waals surface area (Å²) in [6.45, 7) is 6.13. The van der Waals surface area contributed by atoms with Crippen molar-refractivity contribution in [3.8, 4) is 11.8 Å². The molecule has 0 saturated carbocycles. The van der Waals surface area contributed by atoms with Crippen LogP contribution in [0, 0.1) is 6.92 Å². The molecule has 1 aromatic heterocycles. The monoisotopic (exact) mass is 429 g/mol. The minimum atomic E-state index is -1.31. The van der Waals surface area contributed by atoms with Gasteiger partial charge in [0.1, 0.15) is 12.3 Å². The summed E-state index contributed by atoms with van der Waals surface area (Å²) >= 11 is 0. The molecule has 0 spiro atoms. The summed E-state index contributed by atoms with van der Waals surface area (Å²) in [6, 6.07) is 11.1. The van der Waals surface area contributed by atoms with Crippen LogP contribution in [0.1, 0.15) is 41.3 Å². The number of rotatable bonds is 9. The first-order valence-electron chi connectivity index (χ1n) is 10.9. The zero-order valence-electron chi connectivity index (χ0n) is 18.6. The molecule has 0 atom stereocenters. The second kappa shape index (κ2) is 10.6. The molecule has 1 fully saturated rings. The predicted octanol–water partition coefficient (Wildman–Crippen LogP) is 3.57. The van der Waals surface area contributed by atoms with E-state index in [4.69, 9.17) is 9.47 Å². The summed E-state index contributed by atoms with van der Waals surface area (Å²) in [5.74, 6) is 0.959. The molecule has 3 rings (SSSR count). The van der Waals surface area contributed by atoms with Gasteiger partial charge < -0.3 is 19.7 Å². The van der Waals surface area contributed by atoms with Crippen LogP contribution in [0.5, 0.6) is 11.8 Å². The summed E-state index contributed by atoms with van der Waals surface area (Å²) in [4.78, 5) is 18.8. The highest BCUT2D eigenvalue weighted by molar-refractivity contribution is 5.94. The van der Waals surface area contributed by atoms with Crippen LogP contribution in [0.4, 0.5) is 4.39 Å². The van der Waals surface area contributed by atoms with Crippen molar-refractivity contribution in [3.05, 3.63) is 53.1 Å². The number of likely N-dealkylation sites (tertiary alicyclic amines) is 1. The number of hydrogen-bond acceptors (Lipinski definition) is 5. The first-order valence-corrected chi connectivity index (χ1v) is 10.9. The fourth-order valence-electron chi connectivity index (χ4n) is 3.79. The number of halogens is 1. The van der Waals surface area contributed by atoms with E-state index in [-0.39, 0.29) is 12.5 Å². The number of pyridine rings is 1. The van der Waals surface area contributed by atoms with Crippen LogP contribution < -0.4 is 14.8 Å². The number of nitrogens with one attached hydrogen (secondary N) is 1. The van der Waals surface area contributed by atoms with Crippen molar-refractivity contribution < 1.29 is 18.7 Å². The van der Waals surface area contributed by atoms with Gasteiger partial charge in [0.15, 0.2) is 0 Å². The van der Waals surface area contributed by atoms with Crippen molar-refractivity contribution in [1.29, 1.82) is 0 Å². The van der Waals surface area contributed by atoms with Crippen LogP contribution in [0.3, 0.4) is 0 Å². The Morgan fingerprint density at radius 1 is 1.23 bits per heavy atom. The lowest BCUT2D eigenvalue weighted by Crippen LogP contribution is -2.49. The van der Waals surface area contributed by atoms with Gasteiger partial charge in [-0.1, -0.05) is 19.1 Å². The van der Waals surface area contributed by atoms with Crippen molar-refractivity contribution in [2.24, 2.45) is 0 Å². The zero-order chi connectivity index (χ0) is 22.3. The Balaban J connectivity index is 1.41. The molecule has 1 aliphatic heterocycles. The Morgan fingerprint density at radius 2 is 1.97 bits per heavy atom. The van der Waals surface area contributed by atoms with Gasteiger partial charge >= 0.3 is 0 Å². The van der Waals surface area contributed by atoms with Crippen LogP contribution in [0.15, 0.2) is 36.4 Å². The minimum absolute atomic E-state index is 0.0103. The summed E-state index contributed by atoms with van der Waals surface area (Å²) in [7, 11) is 1.55. The molecule has 2 aromatic rings. The van der Waals surface area contributed by atoms with E-state index in [9.17, 15) is 4.79 Å². The first kappa shape index (κ1) is 23.0. The number of piperidine rings is 1. The van der Waals surface area contributed by atoms with Gasteiger partial charge in [-0.2, -0.15) is 4.98 Å². The highest BCUT2D eigenvalue weighted by atomic mass is 19.1. The van der Waals surface area contributed by atoms with Gasteiger partial charge in [0.2, 0.25) is 11.8 Å². The molecule has 1 saturated heterocycles. The fraction of sp³-hybridized carbons (Fsp3) is 0.500. The fourth-order valence-corrected chi connectivity index (χ4v) is 3.79. The van der Waals surface area contributed by atoms with Crippen molar-refractivity contribution in [2.45, 2.75) is 38.8 Å². The number of aryl methyl sites for hydroxylation is 2. The molecule has 1 amide bonds. The molecule has 7 heteroatoms. The molecular formula is C24H32FN3O3. The van der Waals surface area contributed by atoms with Gasteiger partial charge in [-0.25, -0.2) is 4.39 Å². The van der Waals surface area contributed by atoms with Gasteiger partial charge in [0, 0.05) is 56.7 Å². The molecule has 0 radical (unpaired) electrons. The van der Waals surface area contributed by atoms with Crippen LogP contribution in [-0.2, 0) is 6.42 Å². The number of benzene rings is 1. The van der Waals surface area contributed by atoms with E-state index in [2.05, 4.69) is 24.1 Å². The topological polar surface area (TPSA) is 63.7 Å². The van der Waals surface area contributed by atoms with Crippen LogP contribution in [0.2, 0.25) is 0 Å². The van der Waals surface area contributed by atoms with E-state index >= 15 is 4.39 Å². The number of carbonyl (C=O) groups excluding carboxylic acids is 1. The van der Waals surface area contributed by atoms with Gasteiger partial charge in [0.05, 0.1) is 7.11 Å². The number of amides is 1. The smallest absolute Gasteiger partial charge is 0.253 e. The van der Waals surface area contributed by atoms with Gasteiger partial charge in [-0.15, -0.1) is 0 Å². The second-order valence-corrected chi connectivity index (χ2v) is 7.98. The molecule has 0 bridgehead atoms. The third-order valence-corrected chi connectivity index (χ3v) is 5.80. The van der Waals surface area contributed by atoms with Gasteiger partial charge in [0.25, 0.3) is 5.91 Å². The lowest BCUT2D eigenvalue weighted by atomic mass is 9.92. The molecule has 1 aliphatic rings. The third-order valence-electron chi connectivity index (χ3n) is 5.80. The minimum Gasteiger partial charge on any atom is -0.481 e. The summed E-state index contributed by atoms with van der Waals surface area (Å²) in [6.07, 6.45) is 1.55. The summed E-state index contributed by atoms with van der Waals surface area (Å²) in [5.41, 5.74) is 1.75. The van der Waals surface area contributed by atoms with E-state index in [1.54, 1.807) is 30.2 Å². The van der Waals surface area contributed by atoms with Crippen molar-refractivity contribution in [3.63, 3.8) is 0 Å². The number of hydrogen-bond donors (Lipinski definition) is 1. The maximum absolute atomic E-state index is 15.2. The summed E-state index contributed by atoms with van der Waals surface area (Å²) < 4.78 is 25.8. The Hall–Kier alpha value is -2.67. The van der Waals surface area contributed by atoms with Crippen molar-refractivity contribution in [2.75, 3.05) is 39.9 Å². The van der Waals surface area contributed by atoms with Gasteiger partial charge in [-0.3, -0.25) is 4.79 Å². The molecule has 0 unspecified atom stereocenters. The number of alkyl halides is 1. The number of carbonyl (C=O) groups is 1. The Kier molecular flexibility index (Phi) is 7.85. The lowest BCUT2D eigenvalue weighted by molar-refractivity contribution is 0.0433. The number of aromatic nitrogens is 1. The second-order valence-electron chi connectivity index (χ2n) is 7.98. The van der Waals surface area contributed by atoms with Gasteiger partial charge in [-0.05, 0) is 36.6 Å². The maximum atomic E-state index is 15.2. The third kappa shape index (κ3) is 6.17. The van der Waals surface area contributed by atoms with E-state index in [0.717, 1.165) is 6.42 Å². The quantitative estimate of drug-likeness (QED) is 0.618. The molecular weight excluding hydrogens is 397 g/mol. The number of ether oxygens (including phenoxy) is 2.